The number of nitrogens with zero attached hydrogens (tertiary/aromatic N) is 2. The second-order valence-corrected chi connectivity index (χ2v) is 14.0. The zero-order valence-electron chi connectivity index (χ0n) is 14.9. The molecule has 26 heavy (non-hydrogen) atoms. The summed E-state index contributed by atoms with van der Waals surface area (Å²) in [6, 6.07) is 3.66. The van der Waals surface area contributed by atoms with Crippen LogP contribution in [0.1, 0.15) is 16.8 Å². The van der Waals surface area contributed by atoms with E-state index in [1.54, 1.807) is 0 Å². The number of hydrogen-bond acceptors (Lipinski definition) is 2. The lowest BCUT2D eigenvalue weighted by Crippen LogP contribution is -2.18. The first-order chi connectivity index (χ1) is 11.8. The molecular formula is C17H20BrClF3N2PS. The quantitative estimate of drug-likeness (QED) is 0.357. The van der Waals surface area contributed by atoms with E-state index in [2.05, 4.69) is 40.6 Å². The molecule has 1 heterocycles. The number of benzene rings is 1. The van der Waals surface area contributed by atoms with Crippen LogP contribution in [0.25, 0.3) is 0 Å². The molecular weight excluding hydrogens is 468 g/mol. The van der Waals surface area contributed by atoms with Gasteiger partial charge in [-0.25, -0.2) is 4.99 Å². The van der Waals surface area contributed by atoms with Crippen LogP contribution in [0.15, 0.2) is 22.5 Å². The van der Waals surface area contributed by atoms with Gasteiger partial charge in [0.25, 0.3) is 0 Å². The third kappa shape index (κ3) is 5.06. The molecule has 0 bridgehead atoms. The fourth-order valence-corrected chi connectivity index (χ4v) is 4.49. The van der Waals surface area contributed by atoms with Gasteiger partial charge in [-0.05, 0) is 49.9 Å². The number of alkyl halides is 4. The van der Waals surface area contributed by atoms with Gasteiger partial charge in [0.05, 0.1) is 5.69 Å². The van der Waals surface area contributed by atoms with Crippen molar-refractivity contribution in [3.05, 3.63) is 44.2 Å². The molecule has 1 aromatic heterocycles. The third-order valence-corrected chi connectivity index (χ3v) is 10.6. The first-order valence-corrected chi connectivity index (χ1v) is 12.8. The molecule has 9 heteroatoms. The highest BCUT2D eigenvalue weighted by Gasteiger charge is 2.34. The SMILES string of the molecule is C=P(C)(C)C(Br)Cc1cc(N=c2scc(C(F)(F)F)n2C)c(C)cc1Cl. The van der Waals surface area contributed by atoms with Crippen LogP contribution in [0.4, 0.5) is 18.9 Å². The lowest BCUT2D eigenvalue weighted by molar-refractivity contribution is -0.143. The van der Waals surface area contributed by atoms with Crippen LogP contribution in [-0.4, -0.2) is 28.8 Å². The summed E-state index contributed by atoms with van der Waals surface area (Å²) in [5.41, 5.74) is 1.63. The minimum absolute atomic E-state index is 0.206. The van der Waals surface area contributed by atoms with Gasteiger partial charge < -0.3 is 4.57 Å². The molecule has 1 atom stereocenters. The number of rotatable bonds is 4. The highest BCUT2D eigenvalue weighted by atomic mass is 79.9. The van der Waals surface area contributed by atoms with E-state index in [1.165, 1.54) is 7.05 Å². The van der Waals surface area contributed by atoms with E-state index < -0.39 is 18.8 Å². The molecule has 0 radical (unpaired) electrons. The van der Waals surface area contributed by atoms with Gasteiger partial charge in [-0.1, -0.05) is 27.5 Å². The molecule has 0 aliphatic rings. The van der Waals surface area contributed by atoms with E-state index in [4.69, 9.17) is 11.6 Å². The first-order valence-electron chi connectivity index (χ1n) is 7.68. The van der Waals surface area contributed by atoms with Crippen LogP contribution < -0.4 is 4.80 Å². The van der Waals surface area contributed by atoms with E-state index in [9.17, 15) is 13.2 Å². The van der Waals surface area contributed by atoms with Gasteiger partial charge in [-0.3, -0.25) is 0 Å². The predicted molar refractivity (Wildman–Crippen MR) is 112 cm³/mol. The van der Waals surface area contributed by atoms with Crippen molar-refractivity contribution in [2.45, 2.75) is 24.1 Å². The van der Waals surface area contributed by atoms with Crippen LogP contribution in [0.5, 0.6) is 0 Å². The minimum Gasteiger partial charge on any atom is -0.316 e. The molecule has 0 amide bonds. The number of halogens is 5. The van der Waals surface area contributed by atoms with Crippen molar-refractivity contribution in [2.75, 3.05) is 13.3 Å². The standard InChI is InChI=1S/C17H20BrClF3N2PS/c1-10-6-12(19)11(8-15(18)25(3,4)5)7-13(10)23-16-24(2)14(9-26-16)17(20,21)22/h6-7,9,15H,3,8H2,1-2,4-5H3. The maximum Gasteiger partial charge on any atom is 0.432 e. The zero-order chi connectivity index (χ0) is 19.9. The molecule has 0 saturated heterocycles. The summed E-state index contributed by atoms with van der Waals surface area (Å²) < 4.78 is 40.2. The Hall–Kier alpha value is -0.490. The highest BCUT2D eigenvalue weighted by molar-refractivity contribution is 9.10. The van der Waals surface area contributed by atoms with Gasteiger partial charge >= 0.3 is 6.18 Å². The van der Waals surface area contributed by atoms with Gasteiger partial charge in [0.2, 0.25) is 0 Å². The van der Waals surface area contributed by atoms with Crippen LogP contribution in [-0.2, 0) is 19.6 Å². The monoisotopic (exact) mass is 486 g/mol. The van der Waals surface area contributed by atoms with Crippen molar-refractivity contribution < 1.29 is 13.2 Å². The van der Waals surface area contributed by atoms with E-state index in [1.807, 2.05) is 19.1 Å². The average Bonchev–Trinajstić information content (AvgIpc) is 2.84. The Bertz CT molecular complexity index is 927. The summed E-state index contributed by atoms with van der Waals surface area (Å²) in [6.45, 7) is 4.74. The molecule has 1 aromatic carbocycles. The Balaban J connectivity index is 2.50. The fourth-order valence-electron chi connectivity index (χ4n) is 2.24. The Labute approximate surface area is 168 Å². The maximum atomic E-state index is 13.0. The van der Waals surface area contributed by atoms with Crippen LogP contribution in [0, 0.1) is 6.92 Å². The molecule has 2 rings (SSSR count). The number of aryl methyl sites for hydroxylation is 1. The summed E-state index contributed by atoms with van der Waals surface area (Å²) in [5, 5.41) is 1.71. The van der Waals surface area contributed by atoms with Gasteiger partial charge in [-0.15, -0.1) is 24.5 Å². The van der Waals surface area contributed by atoms with Crippen LogP contribution in [0.3, 0.4) is 0 Å². The van der Waals surface area contributed by atoms with E-state index in [0.29, 0.717) is 17.1 Å². The Morgan fingerprint density at radius 2 is 2.00 bits per heavy atom. The van der Waals surface area contributed by atoms with Crippen LogP contribution >= 0.6 is 45.8 Å². The van der Waals surface area contributed by atoms with E-state index in [0.717, 1.165) is 32.4 Å². The van der Waals surface area contributed by atoms with Crippen molar-refractivity contribution >= 4 is 57.7 Å². The lowest BCUT2D eigenvalue weighted by atomic mass is 10.1. The summed E-state index contributed by atoms with van der Waals surface area (Å²) in [5.74, 6) is 0. The molecule has 0 aliphatic heterocycles. The molecule has 2 aromatic rings. The van der Waals surface area contributed by atoms with Crippen LogP contribution in [0.2, 0.25) is 5.02 Å². The molecule has 0 saturated carbocycles. The van der Waals surface area contributed by atoms with Gasteiger partial charge in [0, 0.05) is 22.0 Å². The van der Waals surface area contributed by atoms with Crippen molar-refractivity contribution in [1.82, 2.24) is 4.57 Å². The number of thiazole rings is 1. The van der Waals surface area contributed by atoms with Crippen molar-refractivity contribution in [3.8, 4) is 0 Å². The summed E-state index contributed by atoms with van der Waals surface area (Å²) in [7, 11) is 1.37. The van der Waals surface area contributed by atoms with Crippen molar-refractivity contribution in [1.29, 1.82) is 0 Å². The van der Waals surface area contributed by atoms with E-state index in [-0.39, 0.29) is 9.37 Å². The molecule has 2 nitrogen and oxygen atoms in total. The van der Waals surface area contributed by atoms with Gasteiger partial charge in [0.15, 0.2) is 4.80 Å². The summed E-state index contributed by atoms with van der Waals surface area (Å²) >= 11 is 11.0. The Kier molecular flexibility index (Phi) is 6.59. The van der Waals surface area contributed by atoms with E-state index >= 15 is 0 Å². The van der Waals surface area contributed by atoms with Crippen molar-refractivity contribution in [3.63, 3.8) is 0 Å². The molecule has 0 spiro atoms. The van der Waals surface area contributed by atoms with Gasteiger partial charge in [0.1, 0.15) is 5.69 Å². The second kappa shape index (κ2) is 7.86. The second-order valence-electron chi connectivity index (χ2n) is 6.72. The Morgan fingerprint density at radius 1 is 1.38 bits per heavy atom. The fraction of sp³-hybridized carbons (Fsp3) is 0.412. The Morgan fingerprint density at radius 3 is 2.50 bits per heavy atom. The largest absolute Gasteiger partial charge is 0.432 e. The first kappa shape index (κ1) is 21.8. The normalized spacial score (nSPS) is 14.7. The molecule has 0 fully saturated rings. The number of aromatic nitrogens is 1. The maximum absolute atomic E-state index is 13.0. The average molecular weight is 488 g/mol. The summed E-state index contributed by atoms with van der Waals surface area (Å²) in [6.07, 6.45) is 0.524. The zero-order valence-corrected chi connectivity index (χ0v) is 18.9. The minimum atomic E-state index is -4.40. The molecule has 144 valence electrons. The third-order valence-electron chi connectivity index (χ3n) is 3.94. The summed E-state index contributed by atoms with van der Waals surface area (Å²) in [4.78, 5) is 4.73. The lowest BCUT2D eigenvalue weighted by Gasteiger charge is -2.21. The molecule has 0 aliphatic carbocycles. The van der Waals surface area contributed by atoms with Gasteiger partial charge in [-0.2, -0.15) is 13.2 Å². The smallest absolute Gasteiger partial charge is 0.316 e. The predicted octanol–water partition coefficient (Wildman–Crippen LogP) is 6.27. The number of hydrogen-bond donors (Lipinski definition) is 0. The molecule has 0 N–H and O–H groups in total. The topological polar surface area (TPSA) is 17.3 Å². The van der Waals surface area contributed by atoms with Crippen molar-refractivity contribution in [2.24, 2.45) is 12.0 Å². The molecule has 1 unspecified atom stereocenters. The highest BCUT2D eigenvalue weighted by Crippen LogP contribution is 2.47.